The largest absolute Gasteiger partial charge is 0.490 e. The van der Waals surface area contributed by atoms with Gasteiger partial charge in [-0.25, -0.2) is 4.79 Å². The van der Waals surface area contributed by atoms with Crippen LogP contribution in [-0.4, -0.2) is 42.9 Å². The number of nitrogens with zero attached hydrogens (tertiary/aromatic N) is 1. The van der Waals surface area contributed by atoms with Gasteiger partial charge in [0.15, 0.2) is 16.6 Å². The van der Waals surface area contributed by atoms with Gasteiger partial charge in [-0.2, -0.15) is 8.78 Å². The monoisotopic (exact) mass is 412 g/mol. The molecule has 2 rings (SSSR count). The summed E-state index contributed by atoms with van der Waals surface area (Å²) in [6, 6.07) is 3.85. The number of carbonyl (C=O) groups is 1. The summed E-state index contributed by atoms with van der Waals surface area (Å²) in [6.07, 6.45) is 1.66. The van der Waals surface area contributed by atoms with Crippen molar-refractivity contribution in [2.45, 2.75) is 26.5 Å². The molecule has 9 heteroatoms. The van der Waals surface area contributed by atoms with Crippen molar-refractivity contribution in [1.29, 1.82) is 0 Å². The fraction of sp³-hybridized carbons (Fsp3) is 0.368. The number of hydrogen-bond acceptors (Lipinski definition) is 5. The molecule has 0 amide bonds. The summed E-state index contributed by atoms with van der Waals surface area (Å²) in [7, 11) is 1.29. The molecule has 1 aromatic carbocycles. The van der Waals surface area contributed by atoms with Crippen LogP contribution < -0.4 is 14.8 Å². The summed E-state index contributed by atoms with van der Waals surface area (Å²) in [5, 5.41) is 3.50. The van der Waals surface area contributed by atoms with E-state index in [1.54, 1.807) is 37.0 Å². The Balaban J connectivity index is 2.54. The molecule has 0 unspecified atom stereocenters. The predicted molar refractivity (Wildman–Crippen MR) is 104 cm³/mol. The van der Waals surface area contributed by atoms with Gasteiger partial charge in [0.1, 0.15) is 0 Å². The number of methoxy groups -OCH3 is 1. The maximum Gasteiger partial charge on any atom is 0.387 e. The molecule has 1 atom stereocenters. The number of esters is 1. The van der Waals surface area contributed by atoms with Crippen molar-refractivity contribution >= 4 is 23.3 Å². The molecule has 1 N–H and O–H groups in total. The van der Waals surface area contributed by atoms with Crippen LogP contribution in [0, 0.1) is 0 Å². The quantitative estimate of drug-likeness (QED) is 0.398. The lowest BCUT2D eigenvalue weighted by atomic mass is 9.94. The molecule has 6 nitrogen and oxygen atoms in total. The number of hydrogen-bond donors (Lipinski definition) is 1. The number of rotatable bonds is 8. The zero-order valence-electron chi connectivity index (χ0n) is 15.8. The van der Waals surface area contributed by atoms with E-state index in [4.69, 9.17) is 21.7 Å². The summed E-state index contributed by atoms with van der Waals surface area (Å²) in [6.45, 7) is 4.87. The first-order valence-corrected chi connectivity index (χ1v) is 8.94. The molecule has 0 saturated carbocycles. The Labute approximate surface area is 167 Å². The van der Waals surface area contributed by atoms with Crippen LogP contribution in [0.4, 0.5) is 8.78 Å². The van der Waals surface area contributed by atoms with Gasteiger partial charge in [0, 0.05) is 12.2 Å². The van der Waals surface area contributed by atoms with E-state index >= 15 is 0 Å². The third-order valence-electron chi connectivity index (χ3n) is 4.13. The van der Waals surface area contributed by atoms with Crippen molar-refractivity contribution in [3.8, 4) is 11.5 Å². The molecule has 0 bridgehead atoms. The average molecular weight is 412 g/mol. The summed E-state index contributed by atoms with van der Waals surface area (Å²) >= 11 is 5.42. The Bertz CT molecular complexity index is 798. The lowest BCUT2D eigenvalue weighted by Gasteiger charge is -2.37. The van der Waals surface area contributed by atoms with E-state index < -0.39 is 18.6 Å². The van der Waals surface area contributed by atoms with Gasteiger partial charge < -0.3 is 24.4 Å². The Hall–Kier alpha value is -2.68. The van der Waals surface area contributed by atoms with Crippen molar-refractivity contribution < 1.29 is 27.8 Å². The molecule has 0 fully saturated rings. The van der Waals surface area contributed by atoms with Crippen LogP contribution in [0.2, 0.25) is 0 Å². The standard InChI is InChI=1S/C19H22F2N2O4S/c1-5-9-23-11(3)15(17(24)25-4)16(22-19(23)28)12-7-8-13(27-18(20)21)14(10-12)26-6-2/h5,7-8,10,16,18H,1,6,9H2,2-4H3,(H,22,28)/t16-/m1/s1. The second-order valence-corrected chi connectivity index (χ2v) is 6.18. The predicted octanol–water partition coefficient (Wildman–Crippen LogP) is 3.55. The van der Waals surface area contributed by atoms with Gasteiger partial charge in [-0.15, -0.1) is 6.58 Å². The van der Waals surface area contributed by atoms with Gasteiger partial charge >= 0.3 is 12.6 Å². The van der Waals surface area contributed by atoms with E-state index in [2.05, 4.69) is 16.6 Å². The fourth-order valence-corrected chi connectivity index (χ4v) is 3.25. The molecule has 1 heterocycles. The number of benzene rings is 1. The first kappa shape index (κ1) is 21.6. The molecule has 0 aliphatic carbocycles. The van der Waals surface area contributed by atoms with Gasteiger partial charge in [0.2, 0.25) is 0 Å². The highest BCUT2D eigenvalue weighted by atomic mass is 32.1. The lowest BCUT2D eigenvalue weighted by molar-refractivity contribution is -0.136. The van der Waals surface area contributed by atoms with Crippen molar-refractivity contribution in [1.82, 2.24) is 10.2 Å². The third-order valence-corrected chi connectivity index (χ3v) is 4.47. The van der Waals surface area contributed by atoms with E-state index in [0.29, 0.717) is 28.5 Å². The van der Waals surface area contributed by atoms with Gasteiger partial charge in [-0.3, -0.25) is 0 Å². The highest BCUT2D eigenvalue weighted by Gasteiger charge is 2.34. The van der Waals surface area contributed by atoms with Gasteiger partial charge in [-0.1, -0.05) is 12.1 Å². The van der Waals surface area contributed by atoms with Crippen LogP contribution >= 0.6 is 12.2 Å². The highest BCUT2D eigenvalue weighted by Crippen LogP contribution is 2.36. The van der Waals surface area contributed by atoms with Crippen LogP contribution in [0.1, 0.15) is 25.5 Å². The van der Waals surface area contributed by atoms with Gasteiger partial charge in [0.25, 0.3) is 0 Å². The van der Waals surface area contributed by atoms with Gasteiger partial charge in [0.05, 0.1) is 25.3 Å². The Morgan fingerprint density at radius 2 is 2.14 bits per heavy atom. The van der Waals surface area contributed by atoms with Crippen LogP contribution in [0.5, 0.6) is 11.5 Å². The van der Waals surface area contributed by atoms with E-state index in [1.807, 2.05) is 0 Å². The molecule has 1 aliphatic rings. The maximum atomic E-state index is 12.6. The van der Waals surface area contributed by atoms with E-state index in [0.717, 1.165) is 0 Å². The fourth-order valence-electron chi connectivity index (χ4n) is 2.92. The van der Waals surface area contributed by atoms with Crippen LogP contribution in [0.25, 0.3) is 0 Å². The number of nitrogens with one attached hydrogen (secondary N) is 1. The zero-order chi connectivity index (χ0) is 20.8. The van der Waals surface area contributed by atoms with Crippen molar-refractivity contribution in [3.63, 3.8) is 0 Å². The summed E-state index contributed by atoms with van der Waals surface area (Å²) in [4.78, 5) is 14.2. The molecule has 0 saturated heterocycles. The molecule has 0 radical (unpaired) electrons. The minimum atomic E-state index is -2.98. The second kappa shape index (κ2) is 9.50. The number of carbonyl (C=O) groups excluding carboxylic acids is 1. The molecule has 28 heavy (non-hydrogen) atoms. The second-order valence-electron chi connectivity index (χ2n) is 5.79. The first-order valence-electron chi connectivity index (χ1n) is 8.53. The minimum absolute atomic E-state index is 0.0902. The number of alkyl halides is 2. The average Bonchev–Trinajstić information content (AvgIpc) is 2.65. The molecule has 0 aromatic heterocycles. The molecule has 152 valence electrons. The smallest absolute Gasteiger partial charge is 0.387 e. The summed E-state index contributed by atoms with van der Waals surface area (Å²) in [5.41, 5.74) is 1.56. The zero-order valence-corrected chi connectivity index (χ0v) is 16.6. The van der Waals surface area contributed by atoms with Crippen LogP contribution in [0.3, 0.4) is 0 Å². The van der Waals surface area contributed by atoms with Gasteiger partial charge in [-0.05, 0) is 43.8 Å². The molecular weight excluding hydrogens is 390 g/mol. The van der Waals surface area contributed by atoms with Crippen molar-refractivity contribution in [2.24, 2.45) is 0 Å². The van der Waals surface area contributed by atoms with Crippen molar-refractivity contribution in [2.75, 3.05) is 20.3 Å². The topological polar surface area (TPSA) is 60.0 Å². The normalized spacial score (nSPS) is 16.7. The number of allylic oxidation sites excluding steroid dienone is 1. The molecule has 1 aliphatic heterocycles. The number of ether oxygens (including phenoxy) is 3. The van der Waals surface area contributed by atoms with E-state index in [-0.39, 0.29) is 18.1 Å². The molecule has 0 spiro atoms. The summed E-state index contributed by atoms with van der Waals surface area (Å²) in [5.74, 6) is -0.478. The number of halogens is 2. The first-order chi connectivity index (χ1) is 13.3. The van der Waals surface area contributed by atoms with E-state index in [9.17, 15) is 13.6 Å². The summed E-state index contributed by atoms with van der Waals surface area (Å²) < 4.78 is 40.1. The van der Waals surface area contributed by atoms with Crippen LogP contribution in [-0.2, 0) is 9.53 Å². The Kier molecular flexibility index (Phi) is 7.33. The minimum Gasteiger partial charge on any atom is -0.490 e. The highest BCUT2D eigenvalue weighted by molar-refractivity contribution is 7.80. The lowest BCUT2D eigenvalue weighted by Crippen LogP contribution is -2.47. The SMILES string of the molecule is C=CCN1C(=S)N[C@H](c2ccc(OC(F)F)c(OCC)c2)C(C(=O)OC)=C1C. The Morgan fingerprint density at radius 3 is 2.71 bits per heavy atom. The molecular formula is C19H22F2N2O4S. The van der Waals surface area contributed by atoms with Crippen molar-refractivity contribution in [3.05, 3.63) is 47.7 Å². The maximum absolute atomic E-state index is 12.6. The number of thiocarbonyl (C=S) groups is 1. The third kappa shape index (κ3) is 4.59. The van der Waals surface area contributed by atoms with E-state index in [1.165, 1.54) is 13.2 Å². The van der Waals surface area contributed by atoms with Crippen LogP contribution in [0.15, 0.2) is 42.1 Å². The Morgan fingerprint density at radius 1 is 1.43 bits per heavy atom. The molecule has 1 aromatic rings.